The molecule has 0 spiro atoms. The fourth-order valence-corrected chi connectivity index (χ4v) is 1.80. The third-order valence-electron chi connectivity index (χ3n) is 2.58. The first-order chi connectivity index (χ1) is 7.34. The van der Waals surface area contributed by atoms with Crippen LogP contribution in [-0.2, 0) is 0 Å². The van der Waals surface area contributed by atoms with E-state index in [0.29, 0.717) is 0 Å². The van der Waals surface area contributed by atoms with E-state index in [1.165, 1.54) is 0 Å². The number of ether oxygens (including phenoxy) is 1. The summed E-state index contributed by atoms with van der Waals surface area (Å²) in [6.45, 7) is 2.05. The Hall–Kier alpha value is -1.96. The molecule has 0 radical (unpaired) electrons. The predicted molar refractivity (Wildman–Crippen MR) is 61.0 cm³/mol. The van der Waals surface area contributed by atoms with E-state index in [1.807, 2.05) is 36.4 Å². The molecule has 1 N–H and O–H groups in total. The van der Waals surface area contributed by atoms with Gasteiger partial charge in [-0.1, -0.05) is 24.3 Å². The summed E-state index contributed by atoms with van der Waals surface area (Å²) in [5.74, 6) is 1.82. The van der Waals surface area contributed by atoms with Crippen LogP contribution in [-0.4, -0.2) is 0 Å². The average Bonchev–Trinajstić information content (AvgIpc) is 2.27. The van der Waals surface area contributed by atoms with Crippen molar-refractivity contribution in [1.29, 1.82) is 0 Å². The average molecular weight is 197 g/mol. The van der Waals surface area contributed by atoms with E-state index < -0.39 is 0 Å². The number of nitrogens with one attached hydrogen (secondary N) is 1. The zero-order valence-electron chi connectivity index (χ0n) is 8.45. The molecule has 2 aromatic carbocycles. The summed E-state index contributed by atoms with van der Waals surface area (Å²) in [4.78, 5) is 0. The number of fused-ring (bicyclic) bond motifs is 2. The molecule has 0 fully saturated rings. The van der Waals surface area contributed by atoms with Crippen molar-refractivity contribution in [2.45, 2.75) is 6.92 Å². The molecule has 1 aliphatic rings. The van der Waals surface area contributed by atoms with Gasteiger partial charge in [-0.3, -0.25) is 0 Å². The van der Waals surface area contributed by atoms with Crippen LogP contribution in [0.2, 0.25) is 0 Å². The van der Waals surface area contributed by atoms with Gasteiger partial charge in [0, 0.05) is 0 Å². The first-order valence-electron chi connectivity index (χ1n) is 4.98. The summed E-state index contributed by atoms with van der Waals surface area (Å²) in [7, 11) is 0. The van der Waals surface area contributed by atoms with Crippen molar-refractivity contribution >= 4 is 11.4 Å². The highest BCUT2D eigenvalue weighted by Crippen LogP contribution is 2.42. The Balaban J connectivity index is 2.15. The van der Waals surface area contributed by atoms with Gasteiger partial charge in [0.2, 0.25) is 0 Å². The van der Waals surface area contributed by atoms with Crippen LogP contribution in [0.4, 0.5) is 11.4 Å². The fraction of sp³-hybridized carbons (Fsp3) is 0.0769. The van der Waals surface area contributed by atoms with Gasteiger partial charge < -0.3 is 10.1 Å². The molecule has 0 atom stereocenters. The number of rotatable bonds is 0. The predicted octanol–water partition coefficient (Wildman–Crippen LogP) is 3.84. The van der Waals surface area contributed by atoms with Gasteiger partial charge in [0.05, 0.1) is 11.4 Å². The van der Waals surface area contributed by atoms with Crippen molar-refractivity contribution in [3.05, 3.63) is 48.0 Å². The number of anilines is 2. The van der Waals surface area contributed by atoms with Gasteiger partial charge in [-0.2, -0.15) is 0 Å². The minimum Gasteiger partial charge on any atom is -0.453 e. The molecule has 1 heterocycles. The Morgan fingerprint density at radius 3 is 2.67 bits per heavy atom. The Morgan fingerprint density at radius 2 is 1.73 bits per heavy atom. The monoisotopic (exact) mass is 197 g/mol. The summed E-state index contributed by atoms with van der Waals surface area (Å²) in [6.07, 6.45) is 0. The molecule has 0 aliphatic carbocycles. The van der Waals surface area contributed by atoms with E-state index in [9.17, 15) is 0 Å². The highest BCUT2D eigenvalue weighted by atomic mass is 16.5. The maximum atomic E-state index is 5.85. The third kappa shape index (κ3) is 1.26. The van der Waals surface area contributed by atoms with Crippen LogP contribution in [0.5, 0.6) is 11.5 Å². The van der Waals surface area contributed by atoms with Gasteiger partial charge in [-0.15, -0.1) is 0 Å². The number of para-hydroxylation sites is 3. The number of aryl methyl sites for hydroxylation is 1. The number of hydrogen-bond acceptors (Lipinski definition) is 2. The number of benzene rings is 2. The molecule has 0 unspecified atom stereocenters. The van der Waals surface area contributed by atoms with E-state index in [2.05, 4.69) is 18.3 Å². The fourth-order valence-electron chi connectivity index (χ4n) is 1.80. The van der Waals surface area contributed by atoms with Crippen molar-refractivity contribution in [2.24, 2.45) is 0 Å². The normalized spacial score (nSPS) is 12.1. The largest absolute Gasteiger partial charge is 0.453 e. The molecule has 1 aliphatic heterocycles. The summed E-state index contributed by atoms with van der Waals surface area (Å²) in [5, 5.41) is 3.36. The van der Waals surface area contributed by atoms with Gasteiger partial charge in [0.15, 0.2) is 11.5 Å². The minimum atomic E-state index is 0.888. The molecule has 0 saturated heterocycles. The van der Waals surface area contributed by atoms with Crippen molar-refractivity contribution in [3.8, 4) is 11.5 Å². The van der Waals surface area contributed by atoms with E-state index in [0.717, 1.165) is 28.4 Å². The van der Waals surface area contributed by atoms with Crippen molar-refractivity contribution in [2.75, 3.05) is 5.32 Å². The Labute approximate surface area is 88.5 Å². The summed E-state index contributed by atoms with van der Waals surface area (Å²) < 4.78 is 5.85. The molecule has 2 nitrogen and oxygen atoms in total. The highest BCUT2D eigenvalue weighted by Gasteiger charge is 2.16. The lowest BCUT2D eigenvalue weighted by Gasteiger charge is -2.22. The number of hydrogen-bond donors (Lipinski definition) is 1. The van der Waals surface area contributed by atoms with Gasteiger partial charge >= 0.3 is 0 Å². The second-order valence-corrected chi connectivity index (χ2v) is 3.67. The van der Waals surface area contributed by atoms with Crippen molar-refractivity contribution in [1.82, 2.24) is 0 Å². The molecule has 2 aromatic rings. The molecule has 3 rings (SSSR count). The maximum absolute atomic E-state index is 5.85. The van der Waals surface area contributed by atoms with E-state index in [1.54, 1.807) is 0 Å². The van der Waals surface area contributed by atoms with E-state index in [4.69, 9.17) is 4.74 Å². The minimum absolute atomic E-state index is 0.888. The van der Waals surface area contributed by atoms with Crippen LogP contribution >= 0.6 is 0 Å². The van der Waals surface area contributed by atoms with Crippen molar-refractivity contribution in [3.63, 3.8) is 0 Å². The van der Waals surface area contributed by atoms with Crippen LogP contribution in [0.1, 0.15) is 5.56 Å². The van der Waals surface area contributed by atoms with E-state index in [-0.39, 0.29) is 0 Å². The summed E-state index contributed by atoms with van der Waals surface area (Å²) in [5.41, 5.74) is 3.21. The van der Waals surface area contributed by atoms with Crippen LogP contribution in [0.25, 0.3) is 0 Å². The quantitative estimate of drug-likeness (QED) is 0.591. The van der Waals surface area contributed by atoms with E-state index >= 15 is 0 Å². The van der Waals surface area contributed by atoms with Gasteiger partial charge in [0.1, 0.15) is 0 Å². The third-order valence-corrected chi connectivity index (χ3v) is 2.58. The highest BCUT2D eigenvalue weighted by molar-refractivity contribution is 5.76. The van der Waals surface area contributed by atoms with Crippen LogP contribution in [0.15, 0.2) is 42.5 Å². The second-order valence-electron chi connectivity index (χ2n) is 3.67. The molecular formula is C13H11NO. The molecular weight excluding hydrogens is 186 g/mol. The second kappa shape index (κ2) is 3.02. The molecule has 0 saturated carbocycles. The van der Waals surface area contributed by atoms with Gasteiger partial charge in [0.25, 0.3) is 0 Å². The Kier molecular flexibility index (Phi) is 1.68. The summed E-state index contributed by atoms with van der Waals surface area (Å²) in [6, 6.07) is 14.1. The molecule has 0 aromatic heterocycles. The molecule has 0 bridgehead atoms. The Morgan fingerprint density at radius 1 is 0.933 bits per heavy atom. The van der Waals surface area contributed by atoms with Crippen LogP contribution in [0, 0.1) is 6.92 Å². The van der Waals surface area contributed by atoms with Crippen LogP contribution in [0.3, 0.4) is 0 Å². The van der Waals surface area contributed by atoms with Gasteiger partial charge in [-0.05, 0) is 30.7 Å². The maximum Gasteiger partial charge on any atom is 0.153 e. The topological polar surface area (TPSA) is 21.3 Å². The summed E-state index contributed by atoms with van der Waals surface area (Å²) >= 11 is 0. The molecule has 15 heavy (non-hydrogen) atoms. The zero-order valence-corrected chi connectivity index (χ0v) is 8.45. The smallest absolute Gasteiger partial charge is 0.153 e. The van der Waals surface area contributed by atoms with Crippen LogP contribution < -0.4 is 10.1 Å². The first kappa shape index (κ1) is 8.36. The molecule has 0 amide bonds. The first-order valence-corrected chi connectivity index (χ1v) is 4.98. The molecule has 2 heteroatoms. The van der Waals surface area contributed by atoms with Crippen molar-refractivity contribution < 1.29 is 4.74 Å². The SMILES string of the molecule is Cc1cccc2c1Oc1ccccc1N2. The Bertz CT molecular complexity index is 520. The lowest BCUT2D eigenvalue weighted by Crippen LogP contribution is -2.03. The van der Waals surface area contributed by atoms with Gasteiger partial charge in [-0.25, -0.2) is 0 Å². The lowest BCUT2D eigenvalue weighted by atomic mass is 10.1. The lowest BCUT2D eigenvalue weighted by molar-refractivity contribution is 0.477. The molecule has 74 valence electrons. The zero-order chi connectivity index (χ0) is 10.3. The standard InChI is InChI=1S/C13H11NO/c1-9-5-4-7-11-13(9)15-12-8-3-2-6-10(12)14-11/h2-8,14H,1H3.